The molecule has 208 valence electrons. The number of benzene rings is 1. The van der Waals surface area contributed by atoms with E-state index in [9.17, 15) is 15.2 Å². The Labute approximate surface area is 252 Å². The number of hydrogen-bond acceptors (Lipinski definition) is 6. The van der Waals surface area contributed by atoms with E-state index >= 15 is 0 Å². The van der Waals surface area contributed by atoms with Crippen LogP contribution in [0.25, 0.3) is 38.0 Å². The van der Waals surface area contributed by atoms with Crippen LogP contribution in [0.1, 0.15) is 81.5 Å². The molecule has 0 saturated heterocycles. The number of carboxylic acids is 1. The summed E-state index contributed by atoms with van der Waals surface area (Å²) in [5, 5.41) is 18.5. The van der Waals surface area contributed by atoms with E-state index in [4.69, 9.17) is 9.97 Å². The SMILES string of the molecule is CCCCCCc1nc2c(-c3ccc(Br)s3)ccc(-c3ccc(/C=C(\C#N)C(=O)O)s3)c2nc1CCCCCC. The van der Waals surface area contributed by atoms with Crippen LogP contribution in [0.4, 0.5) is 0 Å². The number of nitriles is 1. The number of nitrogens with zero attached hydrogens (tertiary/aromatic N) is 3. The van der Waals surface area contributed by atoms with E-state index in [0.29, 0.717) is 4.88 Å². The van der Waals surface area contributed by atoms with Crippen molar-refractivity contribution >= 4 is 61.7 Å². The van der Waals surface area contributed by atoms with Gasteiger partial charge in [-0.25, -0.2) is 14.8 Å². The van der Waals surface area contributed by atoms with Gasteiger partial charge >= 0.3 is 5.97 Å². The van der Waals surface area contributed by atoms with Gasteiger partial charge < -0.3 is 5.11 Å². The highest BCUT2D eigenvalue weighted by atomic mass is 79.9. The van der Waals surface area contributed by atoms with Gasteiger partial charge in [0.15, 0.2) is 0 Å². The third-order valence-electron chi connectivity index (χ3n) is 6.88. The Balaban J connectivity index is 1.85. The molecule has 0 saturated carbocycles. The second-order valence-corrected chi connectivity index (χ2v) is 13.5. The zero-order valence-electron chi connectivity index (χ0n) is 23.0. The summed E-state index contributed by atoms with van der Waals surface area (Å²) < 4.78 is 1.07. The van der Waals surface area contributed by atoms with Crippen LogP contribution in [0.3, 0.4) is 0 Å². The van der Waals surface area contributed by atoms with Crippen LogP contribution >= 0.6 is 38.6 Å². The normalized spacial score (nSPS) is 11.7. The Morgan fingerprint density at radius 1 is 0.850 bits per heavy atom. The molecule has 3 aromatic heterocycles. The van der Waals surface area contributed by atoms with Gasteiger partial charge in [-0.1, -0.05) is 64.5 Å². The maximum atomic E-state index is 11.4. The number of carboxylic acid groups (broad SMARTS) is 1. The molecule has 0 atom stereocenters. The zero-order valence-corrected chi connectivity index (χ0v) is 26.2. The minimum absolute atomic E-state index is 0.279. The van der Waals surface area contributed by atoms with Crippen LogP contribution in [-0.4, -0.2) is 21.0 Å². The molecule has 8 heteroatoms. The second-order valence-electron chi connectivity index (χ2n) is 9.88. The molecular weight excluding hydrogens is 602 g/mol. The largest absolute Gasteiger partial charge is 0.477 e. The predicted molar refractivity (Wildman–Crippen MR) is 171 cm³/mol. The van der Waals surface area contributed by atoms with E-state index < -0.39 is 5.97 Å². The smallest absolute Gasteiger partial charge is 0.346 e. The van der Waals surface area contributed by atoms with Gasteiger partial charge in [0, 0.05) is 25.8 Å². The lowest BCUT2D eigenvalue weighted by molar-refractivity contribution is -0.132. The second kappa shape index (κ2) is 14.7. The molecule has 0 unspecified atom stereocenters. The number of carbonyl (C=O) groups is 1. The van der Waals surface area contributed by atoms with Gasteiger partial charge in [-0.15, -0.1) is 22.7 Å². The molecule has 3 heterocycles. The van der Waals surface area contributed by atoms with E-state index in [2.05, 4.69) is 54.0 Å². The molecule has 0 aliphatic rings. The molecule has 0 radical (unpaired) electrons. The summed E-state index contributed by atoms with van der Waals surface area (Å²) in [5.41, 5.74) is 5.77. The van der Waals surface area contributed by atoms with E-state index in [1.807, 2.05) is 12.1 Å². The van der Waals surface area contributed by atoms with Gasteiger partial charge in [-0.05, 0) is 72.0 Å². The van der Waals surface area contributed by atoms with E-state index in [0.717, 1.165) is 72.8 Å². The van der Waals surface area contributed by atoms with Gasteiger partial charge in [0.05, 0.1) is 26.2 Å². The lowest BCUT2D eigenvalue weighted by Crippen LogP contribution is -2.05. The maximum absolute atomic E-state index is 11.4. The van der Waals surface area contributed by atoms with Crippen LogP contribution in [0.15, 0.2) is 45.8 Å². The molecule has 1 aromatic carbocycles. The van der Waals surface area contributed by atoms with Crippen LogP contribution in [0, 0.1) is 11.3 Å². The van der Waals surface area contributed by atoms with E-state index in [-0.39, 0.29) is 5.57 Å². The summed E-state index contributed by atoms with van der Waals surface area (Å²) in [6, 6.07) is 14.0. The van der Waals surface area contributed by atoms with Gasteiger partial charge in [-0.2, -0.15) is 5.26 Å². The highest BCUT2D eigenvalue weighted by Crippen LogP contribution is 2.40. The Kier molecular flexibility index (Phi) is 11.0. The van der Waals surface area contributed by atoms with E-state index in [1.54, 1.807) is 17.4 Å². The number of fused-ring (bicyclic) bond motifs is 1. The fourth-order valence-electron chi connectivity index (χ4n) is 4.76. The Bertz CT molecular complexity index is 1550. The molecule has 0 aliphatic carbocycles. The van der Waals surface area contributed by atoms with Crippen molar-refractivity contribution in [3.05, 3.63) is 62.0 Å². The number of rotatable bonds is 14. The van der Waals surface area contributed by atoms with Crippen LogP contribution in [-0.2, 0) is 17.6 Å². The number of unbranched alkanes of at least 4 members (excludes halogenated alkanes) is 6. The Hall–Kier alpha value is -2.86. The minimum Gasteiger partial charge on any atom is -0.477 e. The lowest BCUT2D eigenvalue weighted by atomic mass is 10.0. The Morgan fingerprint density at radius 3 is 1.88 bits per heavy atom. The first-order valence-electron chi connectivity index (χ1n) is 14.0. The molecular formula is C32H34BrN3O2S2. The van der Waals surface area contributed by atoms with Crippen molar-refractivity contribution in [2.75, 3.05) is 0 Å². The minimum atomic E-state index is -1.22. The standard InChI is InChI=1S/C32H34BrN3O2S2/c1-3-5-7-9-11-25-26(12-10-8-6-4-2)36-31-24(28-17-18-29(33)40-28)15-14-23(30(31)35-25)27-16-13-22(39-27)19-21(20-34)32(37)38/h13-19H,3-12H2,1-2H3,(H,37,38)/b21-19+. The fraction of sp³-hybridized carbons (Fsp3) is 0.375. The van der Waals surface area contributed by atoms with Gasteiger partial charge in [-0.3, -0.25) is 0 Å². The molecule has 1 N–H and O–H groups in total. The molecule has 0 fully saturated rings. The summed E-state index contributed by atoms with van der Waals surface area (Å²) in [6.07, 6.45) is 12.7. The fourth-order valence-corrected chi connectivity index (χ4v) is 7.15. The van der Waals surface area contributed by atoms with Gasteiger partial charge in [0.1, 0.15) is 11.6 Å². The molecule has 4 aromatic rings. The highest BCUT2D eigenvalue weighted by Gasteiger charge is 2.18. The Morgan fingerprint density at radius 2 is 1.40 bits per heavy atom. The third kappa shape index (κ3) is 7.45. The molecule has 0 aliphatic heterocycles. The number of aromatic nitrogens is 2. The molecule has 0 spiro atoms. The van der Waals surface area contributed by atoms with E-state index in [1.165, 1.54) is 55.9 Å². The summed E-state index contributed by atoms with van der Waals surface area (Å²) in [4.78, 5) is 24.9. The number of halogens is 1. The van der Waals surface area contributed by atoms with Crippen LogP contribution < -0.4 is 0 Å². The van der Waals surface area contributed by atoms with Crippen molar-refractivity contribution in [1.29, 1.82) is 5.26 Å². The van der Waals surface area contributed by atoms with Crippen molar-refractivity contribution in [2.24, 2.45) is 0 Å². The summed E-state index contributed by atoms with van der Waals surface area (Å²) in [7, 11) is 0. The first-order chi connectivity index (χ1) is 19.4. The molecule has 0 bridgehead atoms. The van der Waals surface area contributed by atoms with Crippen LogP contribution in [0.2, 0.25) is 0 Å². The summed E-state index contributed by atoms with van der Waals surface area (Å²) >= 11 is 6.76. The topological polar surface area (TPSA) is 86.9 Å². The van der Waals surface area contributed by atoms with Gasteiger partial charge in [0.25, 0.3) is 0 Å². The van der Waals surface area contributed by atoms with Crippen molar-refractivity contribution < 1.29 is 9.90 Å². The molecule has 5 nitrogen and oxygen atoms in total. The predicted octanol–water partition coefficient (Wildman–Crippen LogP) is 10.1. The zero-order chi connectivity index (χ0) is 28.5. The van der Waals surface area contributed by atoms with Crippen molar-refractivity contribution in [1.82, 2.24) is 9.97 Å². The average Bonchev–Trinajstić information content (AvgIpc) is 3.60. The number of thiophene rings is 2. The highest BCUT2D eigenvalue weighted by molar-refractivity contribution is 9.11. The molecule has 40 heavy (non-hydrogen) atoms. The summed E-state index contributed by atoms with van der Waals surface area (Å²) in [5.74, 6) is -1.22. The molecule has 4 rings (SSSR count). The maximum Gasteiger partial charge on any atom is 0.346 e. The van der Waals surface area contributed by atoms with Crippen molar-refractivity contribution in [3.8, 4) is 27.0 Å². The third-order valence-corrected chi connectivity index (χ3v) is 9.60. The van der Waals surface area contributed by atoms with Crippen molar-refractivity contribution in [3.63, 3.8) is 0 Å². The molecule has 0 amide bonds. The first-order valence-corrected chi connectivity index (χ1v) is 16.4. The number of aliphatic carboxylic acids is 1. The van der Waals surface area contributed by atoms with Crippen LogP contribution in [0.5, 0.6) is 0 Å². The first kappa shape index (κ1) is 30.1. The van der Waals surface area contributed by atoms with Crippen molar-refractivity contribution in [2.45, 2.75) is 78.1 Å². The number of aryl methyl sites for hydroxylation is 2. The summed E-state index contributed by atoms with van der Waals surface area (Å²) in [6.45, 7) is 4.46. The van der Waals surface area contributed by atoms with Gasteiger partial charge in [0.2, 0.25) is 0 Å². The lowest BCUT2D eigenvalue weighted by Gasteiger charge is -2.14. The average molecular weight is 637 g/mol. The number of hydrogen-bond donors (Lipinski definition) is 1. The monoisotopic (exact) mass is 635 g/mol. The quantitative estimate of drug-likeness (QED) is 0.0846.